The molecule has 0 atom stereocenters. The number of pyridine rings is 1. The molecule has 1 radical (unpaired) electrons. The van der Waals surface area contributed by atoms with Crippen LogP contribution in [0.15, 0.2) is 48.8 Å². The summed E-state index contributed by atoms with van der Waals surface area (Å²) in [5.74, 6) is 0.0402. The third-order valence-corrected chi connectivity index (χ3v) is 3.50. The van der Waals surface area contributed by atoms with E-state index >= 15 is 0 Å². The first kappa shape index (κ1) is 12.8. The second kappa shape index (κ2) is 5.31. The van der Waals surface area contributed by atoms with Crippen LogP contribution in [0.5, 0.6) is 0 Å². The van der Waals surface area contributed by atoms with Gasteiger partial charge < -0.3 is 0 Å². The summed E-state index contributed by atoms with van der Waals surface area (Å²) in [6.45, 7) is 0. The second-order valence-electron chi connectivity index (χ2n) is 4.10. The molecule has 0 unspecified atom stereocenters. The predicted octanol–water partition coefficient (Wildman–Crippen LogP) is 2.50. The molecule has 2 aromatic rings. The molecule has 0 spiro atoms. The molecule has 0 aliphatic carbocycles. The number of nitrogens with zero attached hydrogens (tertiary/aromatic N) is 1. The molecular weight excluding hydrogens is 246 g/mol. The van der Waals surface area contributed by atoms with Crippen LogP contribution in [0.1, 0.15) is 5.56 Å². The normalized spacial score (nSPS) is 11.4. The first-order valence-electron chi connectivity index (χ1n) is 5.60. The number of hydrogen-bond donors (Lipinski definition) is 0. The van der Waals surface area contributed by atoms with Crippen molar-refractivity contribution in [3.63, 3.8) is 0 Å². The first-order chi connectivity index (χ1) is 8.56. The van der Waals surface area contributed by atoms with E-state index in [2.05, 4.69) is 11.2 Å². The molecule has 4 heteroatoms. The summed E-state index contributed by atoms with van der Waals surface area (Å²) in [7, 11) is -3.20. The highest BCUT2D eigenvalue weighted by Gasteiger charge is 2.08. The van der Waals surface area contributed by atoms with Crippen molar-refractivity contribution < 1.29 is 8.42 Å². The van der Waals surface area contributed by atoms with Gasteiger partial charge in [-0.15, -0.1) is 0 Å². The van der Waals surface area contributed by atoms with E-state index in [0.29, 0.717) is 6.42 Å². The van der Waals surface area contributed by atoms with E-state index in [4.69, 9.17) is 0 Å². The van der Waals surface area contributed by atoms with Crippen molar-refractivity contribution in [3.8, 4) is 11.1 Å². The summed E-state index contributed by atoms with van der Waals surface area (Å²) in [6, 6.07) is 11.8. The molecule has 0 saturated carbocycles. The highest BCUT2D eigenvalue weighted by atomic mass is 32.2. The molecule has 1 aromatic carbocycles. The number of rotatable bonds is 4. The Morgan fingerprint density at radius 2 is 1.83 bits per heavy atom. The fourth-order valence-corrected chi connectivity index (χ4v) is 2.32. The lowest BCUT2D eigenvalue weighted by molar-refractivity contribution is 0.603. The Balaban J connectivity index is 2.32. The van der Waals surface area contributed by atoms with E-state index in [0.717, 1.165) is 16.7 Å². The Labute approximate surface area is 107 Å². The largest absolute Gasteiger partial charge is 0.264 e. The van der Waals surface area contributed by atoms with E-state index in [1.807, 2.05) is 36.4 Å². The van der Waals surface area contributed by atoms with Gasteiger partial charge >= 0.3 is 0 Å². The minimum Gasteiger partial charge on any atom is -0.264 e. The maximum Gasteiger partial charge on any atom is 0.151 e. The zero-order valence-corrected chi connectivity index (χ0v) is 10.7. The van der Waals surface area contributed by atoms with Crippen LogP contribution >= 0.6 is 0 Å². The second-order valence-corrected chi connectivity index (χ2v) is 5.99. The Kier molecular flexibility index (Phi) is 3.77. The summed E-state index contributed by atoms with van der Waals surface area (Å²) in [5.41, 5.74) is 3.02. The van der Waals surface area contributed by atoms with E-state index in [-0.39, 0.29) is 5.75 Å². The van der Waals surface area contributed by atoms with Crippen molar-refractivity contribution in [2.75, 3.05) is 5.75 Å². The number of hydrogen-bond acceptors (Lipinski definition) is 3. The molecule has 18 heavy (non-hydrogen) atoms. The van der Waals surface area contributed by atoms with Crippen LogP contribution in [0.25, 0.3) is 11.1 Å². The molecule has 3 nitrogen and oxygen atoms in total. The third-order valence-electron chi connectivity index (χ3n) is 2.67. The van der Waals surface area contributed by atoms with Crippen LogP contribution in [-0.2, 0) is 16.3 Å². The number of benzene rings is 1. The quantitative estimate of drug-likeness (QED) is 0.848. The van der Waals surface area contributed by atoms with Gasteiger partial charge in [-0.1, -0.05) is 30.3 Å². The van der Waals surface area contributed by atoms with Gasteiger partial charge in [-0.2, -0.15) is 0 Å². The molecular formula is C14H14NO2S. The molecule has 0 N–H and O–H groups in total. The molecule has 2 rings (SSSR count). The summed E-state index contributed by atoms with van der Waals surface area (Å²) < 4.78 is 22.2. The van der Waals surface area contributed by atoms with Crippen molar-refractivity contribution in [3.05, 3.63) is 60.6 Å². The monoisotopic (exact) mass is 260 g/mol. The maximum absolute atomic E-state index is 11.1. The highest BCUT2D eigenvalue weighted by Crippen LogP contribution is 2.23. The minimum atomic E-state index is -3.20. The van der Waals surface area contributed by atoms with Gasteiger partial charge in [0, 0.05) is 12.4 Å². The number of aryl methyl sites for hydroxylation is 1. The maximum atomic E-state index is 11.1. The fourth-order valence-electron chi connectivity index (χ4n) is 1.79. The lowest BCUT2D eigenvalue weighted by Crippen LogP contribution is -2.05. The molecule has 0 aliphatic heterocycles. The molecule has 0 saturated heterocycles. The van der Waals surface area contributed by atoms with Crippen LogP contribution in [-0.4, -0.2) is 19.2 Å². The van der Waals surface area contributed by atoms with E-state index in [1.165, 1.54) is 0 Å². The van der Waals surface area contributed by atoms with Crippen molar-refractivity contribution in [1.82, 2.24) is 4.98 Å². The lowest BCUT2D eigenvalue weighted by atomic mass is 10.0. The Morgan fingerprint density at radius 1 is 1.11 bits per heavy atom. The van der Waals surface area contributed by atoms with E-state index in [1.54, 1.807) is 12.4 Å². The van der Waals surface area contributed by atoms with Gasteiger partial charge in [-0.3, -0.25) is 4.98 Å². The van der Waals surface area contributed by atoms with Crippen molar-refractivity contribution >= 4 is 9.84 Å². The Morgan fingerprint density at radius 3 is 2.50 bits per heavy atom. The van der Waals surface area contributed by atoms with Gasteiger partial charge in [0.15, 0.2) is 9.84 Å². The molecule has 93 valence electrons. The average molecular weight is 260 g/mol. The van der Waals surface area contributed by atoms with Gasteiger partial charge in [-0.05, 0) is 29.2 Å². The Bertz CT molecular complexity index is 621. The summed E-state index contributed by atoms with van der Waals surface area (Å²) in [4.78, 5) is 4.06. The lowest BCUT2D eigenvalue weighted by Gasteiger charge is -2.08. The zero-order chi connectivity index (χ0) is 13.0. The first-order valence-corrected chi connectivity index (χ1v) is 7.42. The molecule has 0 aliphatic rings. The van der Waals surface area contributed by atoms with Gasteiger partial charge in [0.25, 0.3) is 0 Å². The number of aromatic nitrogens is 1. The highest BCUT2D eigenvalue weighted by molar-refractivity contribution is 7.92. The summed E-state index contributed by atoms with van der Waals surface area (Å²) in [5, 5.41) is 0. The van der Waals surface area contributed by atoms with E-state index < -0.39 is 9.84 Å². The molecule has 0 bridgehead atoms. The standard InChI is InChI=1S/C14H14NO2S/c1-18(16,17)10-8-13-11-15-9-7-14(13)12-5-3-2-4-6-12/h2-7,9,11H,1,8,10H2. The van der Waals surface area contributed by atoms with Crippen molar-refractivity contribution in [2.45, 2.75) is 6.42 Å². The van der Waals surface area contributed by atoms with Crippen LogP contribution < -0.4 is 0 Å². The van der Waals surface area contributed by atoms with E-state index in [9.17, 15) is 8.42 Å². The smallest absolute Gasteiger partial charge is 0.151 e. The zero-order valence-electron chi connectivity index (χ0n) is 9.91. The average Bonchev–Trinajstić information content (AvgIpc) is 2.37. The summed E-state index contributed by atoms with van der Waals surface area (Å²) in [6.07, 6.45) is 7.00. The molecule has 1 heterocycles. The fraction of sp³-hybridized carbons (Fsp3) is 0.143. The van der Waals surface area contributed by atoms with Gasteiger partial charge in [0.1, 0.15) is 0 Å². The van der Waals surface area contributed by atoms with Crippen LogP contribution in [0, 0.1) is 6.26 Å². The topological polar surface area (TPSA) is 47.0 Å². The van der Waals surface area contributed by atoms with Gasteiger partial charge in [0.05, 0.1) is 12.0 Å². The van der Waals surface area contributed by atoms with Crippen LogP contribution in [0.2, 0.25) is 0 Å². The third kappa shape index (κ3) is 3.40. The van der Waals surface area contributed by atoms with Crippen LogP contribution in [0.3, 0.4) is 0 Å². The Hall–Kier alpha value is -1.68. The predicted molar refractivity (Wildman–Crippen MR) is 72.5 cm³/mol. The SMILES string of the molecule is [CH2]S(=O)(=O)CCc1cnccc1-c1ccccc1. The molecule has 1 aromatic heterocycles. The van der Waals surface area contributed by atoms with Crippen molar-refractivity contribution in [1.29, 1.82) is 0 Å². The van der Waals surface area contributed by atoms with Crippen molar-refractivity contribution in [2.24, 2.45) is 0 Å². The summed E-state index contributed by atoms with van der Waals surface area (Å²) >= 11 is 0. The molecule has 0 fully saturated rings. The number of sulfone groups is 1. The minimum absolute atomic E-state index is 0.0402. The van der Waals surface area contributed by atoms with Gasteiger partial charge in [0.2, 0.25) is 0 Å². The van der Waals surface area contributed by atoms with Crippen LogP contribution in [0.4, 0.5) is 0 Å². The van der Waals surface area contributed by atoms with Gasteiger partial charge in [-0.25, -0.2) is 8.42 Å². The molecule has 0 amide bonds.